The third kappa shape index (κ3) is 2.38. The lowest BCUT2D eigenvalue weighted by Gasteiger charge is -2.19. The fourth-order valence-electron chi connectivity index (χ4n) is 3.25. The third-order valence-electron chi connectivity index (χ3n) is 4.25. The summed E-state index contributed by atoms with van der Waals surface area (Å²) in [5.74, 6) is 1.75. The van der Waals surface area contributed by atoms with Gasteiger partial charge in [-0.05, 0) is 42.3 Å². The molecule has 0 saturated carbocycles. The van der Waals surface area contributed by atoms with Crippen LogP contribution in [0.25, 0.3) is 21.9 Å². The highest BCUT2D eigenvalue weighted by Crippen LogP contribution is 2.46. The minimum Gasteiger partial charge on any atom is -0.507 e. The van der Waals surface area contributed by atoms with Crippen LogP contribution in [0.3, 0.4) is 0 Å². The van der Waals surface area contributed by atoms with E-state index in [1.807, 2.05) is 44.2 Å². The van der Waals surface area contributed by atoms with Gasteiger partial charge in [0.25, 0.3) is 0 Å². The largest absolute Gasteiger partial charge is 0.507 e. The van der Waals surface area contributed by atoms with Gasteiger partial charge in [-0.25, -0.2) is 0 Å². The van der Waals surface area contributed by atoms with Crippen LogP contribution in [-0.2, 0) is 0 Å². The van der Waals surface area contributed by atoms with Crippen molar-refractivity contribution in [2.45, 2.75) is 13.8 Å². The van der Waals surface area contributed by atoms with Gasteiger partial charge >= 0.3 is 0 Å². The SMILES string of the molecule is COc1ccc2ccccc2c1-c1c(O)cc(C)c(OC)c1C. The fourth-order valence-corrected chi connectivity index (χ4v) is 3.25. The maximum absolute atomic E-state index is 10.6. The van der Waals surface area contributed by atoms with Crippen molar-refractivity contribution < 1.29 is 14.6 Å². The molecule has 0 aliphatic heterocycles. The molecule has 0 saturated heterocycles. The highest BCUT2D eigenvalue weighted by molar-refractivity contribution is 6.02. The molecule has 3 nitrogen and oxygen atoms in total. The first kappa shape index (κ1) is 15.2. The molecule has 23 heavy (non-hydrogen) atoms. The Morgan fingerprint density at radius 1 is 0.870 bits per heavy atom. The summed E-state index contributed by atoms with van der Waals surface area (Å²) in [7, 11) is 3.29. The molecule has 0 aliphatic carbocycles. The van der Waals surface area contributed by atoms with Crippen molar-refractivity contribution in [3.8, 4) is 28.4 Å². The van der Waals surface area contributed by atoms with Crippen molar-refractivity contribution in [3.05, 3.63) is 53.6 Å². The molecule has 0 amide bonds. The summed E-state index contributed by atoms with van der Waals surface area (Å²) in [5.41, 5.74) is 3.45. The maximum atomic E-state index is 10.6. The van der Waals surface area contributed by atoms with E-state index in [0.717, 1.165) is 44.5 Å². The Hall–Kier alpha value is -2.68. The number of benzene rings is 3. The lowest BCUT2D eigenvalue weighted by molar-refractivity contribution is 0.405. The van der Waals surface area contributed by atoms with E-state index < -0.39 is 0 Å². The minimum atomic E-state index is 0.232. The van der Waals surface area contributed by atoms with E-state index >= 15 is 0 Å². The van der Waals surface area contributed by atoms with E-state index in [1.165, 1.54) is 0 Å². The Labute approximate surface area is 136 Å². The zero-order chi connectivity index (χ0) is 16.6. The number of ether oxygens (including phenoxy) is 2. The average molecular weight is 308 g/mol. The summed E-state index contributed by atoms with van der Waals surface area (Å²) in [4.78, 5) is 0. The number of methoxy groups -OCH3 is 2. The molecular formula is C20H20O3. The van der Waals surface area contributed by atoms with E-state index in [0.29, 0.717) is 0 Å². The van der Waals surface area contributed by atoms with Gasteiger partial charge in [-0.1, -0.05) is 30.3 Å². The number of hydrogen-bond acceptors (Lipinski definition) is 3. The monoisotopic (exact) mass is 308 g/mol. The maximum Gasteiger partial charge on any atom is 0.127 e. The highest BCUT2D eigenvalue weighted by Gasteiger charge is 2.20. The normalized spacial score (nSPS) is 10.8. The second kappa shape index (κ2) is 5.84. The van der Waals surface area contributed by atoms with Crippen LogP contribution in [0.15, 0.2) is 42.5 Å². The van der Waals surface area contributed by atoms with Gasteiger partial charge in [0.1, 0.15) is 17.2 Å². The molecule has 0 unspecified atom stereocenters. The first-order valence-electron chi connectivity index (χ1n) is 7.51. The van der Waals surface area contributed by atoms with Crippen molar-refractivity contribution in [2.24, 2.45) is 0 Å². The van der Waals surface area contributed by atoms with Crippen molar-refractivity contribution in [1.82, 2.24) is 0 Å². The smallest absolute Gasteiger partial charge is 0.127 e. The number of phenolic OH excluding ortho intramolecular Hbond substituents is 1. The Morgan fingerprint density at radius 3 is 2.30 bits per heavy atom. The predicted molar refractivity (Wildman–Crippen MR) is 93.6 cm³/mol. The van der Waals surface area contributed by atoms with Crippen LogP contribution in [0.5, 0.6) is 17.2 Å². The highest BCUT2D eigenvalue weighted by atomic mass is 16.5. The minimum absolute atomic E-state index is 0.232. The summed E-state index contributed by atoms with van der Waals surface area (Å²) in [6, 6.07) is 13.8. The number of rotatable bonds is 3. The standard InChI is InChI=1S/C20H20O3/c1-12-11-16(21)18(13(2)20(12)23-4)19-15-8-6-5-7-14(15)9-10-17(19)22-3/h5-11,21H,1-4H3. The Morgan fingerprint density at radius 2 is 1.61 bits per heavy atom. The molecular weight excluding hydrogens is 288 g/mol. The molecule has 0 heterocycles. The third-order valence-corrected chi connectivity index (χ3v) is 4.25. The molecule has 3 aromatic rings. The van der Waals surface area contributed by atoms with Crippen LogP contribution in [0.1, 0.15) is 11.1 Å². The predicted octanol–water partition coefficient (Wildman–Crippen LogP) is 4.85. The van der Waals surface area contributed by atoms with Gasteiger partial charge < -0.3 is 14.6 Å². The molecule has 0 atom stereocenters. The van der Waals surface area contributed by atoms with Gasteiger partial charge in [0.15, 0.2) is 0 Å². The van der Waals surface area contributed by atoms with Gasteiger partial charge in [-0.3, -0.25) is 0 Å². The lowest BCUT2D eigenvalue weighted by Crippen LogP contribution is -1.97. The van der Waals surface area contributed by atoms with Crippen LogP contribution < -0.4 is 9.47 Å². The van der Waals surface area contributed by atoms with Crippen LogP contribution in [0.2, 0.25) is 0 Å². The second-order valence-electron chi connectivity index (χ2n) is 5.61. The van der Waals surface area contributed by atoms with E-state index in [9.17, 15) is 5.11 Å². The Kier molecular flexibility index (Phi) is 3.87. The molecule has 0 fully saturated rings. The quantitative estimate of drug-likeness (QED) is 0.752. The summed E-state index contributed by atoms with van der Waals surface area (Å²) in [5, 5.41) is 12.8. The number of aromatic hydroxyl groups is 1. The van der Waals surface area contributed by atoms with Gasteiger partial charge in [-0.15, -0.1) is 0 Å². The van der Waals surface area contributed by atoms with Crippen LogP contribution in [0, 0.1) is 13.8 Å². The van der Waals surface area contributed by atoms with Crippen LogP contribution >= 0.6 is 0 Å². The van der Waals surface area contributed by atoms with Gasteiger partial charge in [0.2, 0.25) is 0 Å². The summed E-state index contributed by atoms with van der Waals surface area (Å²) >= 11 is 0. The van der Waals surface area contributed by atoms with E-state index in [-0.39, 0.29) is 5.75 Å². The van der Waals surface area contributed by atoms with E-state index in [1.54, 1.807) is 20.3 Å². The van der Waals surface area contributed by atoms with Crippen molar-refractivity contribution in [1.29, 1.82) is 0 Å². The van der Waals surface area contributed by atoms with Gasteiger partial charge in [0.05, 0.1) is 14.2 Å². The van der Waals surface area contributed by atoms with E-state index in [4.69, 9.17) is 9.47 Å². The number of phenols is 1. The van der Waals surface area contributed by atoms with E-state index in [2.05, 4.69) is 6.07 Å². The molecule has 0 radical (unpaired) electrons. The molecule has 0 spiro atoms. The molecule has 0 aliphatic rings. The number of aryl methyl sites for hydroxylation is 1. The van der Waals surface area contributed by atoms with Crippen molar-refractivity contribution in [3.63, 3.8) is 0 Å². The first-order chi connectivity index (χ1) is 11.1. The molecule has 3 rings (SSSR count). The van der Waals surface area contributed by atoms with Crippen molar-refractivity contribution >= 4 is 10.8 Å². The summed E-state index contributed by atoms with van der Waals surface area (Å²) in [6.45, 7) is 3.89. The molecule has 0 aromatic heterocycles. The average Bonchev–Trinajstić information content (AvgIpc) is 2.55. The Bertz CT molecular complexity index is 882. The van der Waals surface area contributed by atoms with Crippen LogP contribution in [0.4, 0.5) is 0 Å². The zero-order valence-corrected chi connectivity index (χ0v) is 13.8. The fraction of sp³-hybridized carbons (Fsp3) is 0.200. The molecule has 118 valence electrons. The summed E-state index contributed by atoms with van der Waals surface area (Å²) in [6.07, 6.45) is 0. The number of hydrogen-bond donors (Lipinski definition) is 1. The second-order valence-corrected chi connectivity index (χ2v) is 5.61. The Balaban J connectivity index is 2.46. The van der Waals surface area contributed by atoms with Crippen LogP contribution in [-0.4, -0.2) is 19.3 Å². The number of fused-ring (bicyclic) bond motifs is 1. The summed E-state index contributed by atoms with van der Waals surface area (Å²) < 4.78 is 11.1. The van der Waals surface area contributed by atoms with Gasteiger partial charge in [0, 0.05) is 16.7 Å². The molecule has 0 bridgehead atoms. The first-order valence-corrected chi connectivity index (χ1v) is 7.51. The van der Waals surface area contributed by atoms with Crippen molar-refractivity contribution in [2.75, 3.05) is 14.2 Å². The zero-order valence-electron chi connectivity index (χ0n) is 13.8. The lowest BCUT2D eigenvalue weighted by atomic mass is 9.91. The topological polar surface area (TPSA) is 38.7 Å². The van der Waals surface area contributed by atoms with Gasteiger partial charge in [-0.2, -0.15) is 0 Å². The molecule has 1 N–H and O–H groups in total. The molecule has 3 aromatic carbocycles. The molecule has 3 heteroatoms.